The fourth-order valence-corrected chi connectivity index (χ4v) is 3.83. The van der Waals surface area contributed by atoms with Crippen molar-refractivity contribution in [3.63, 3.8) is 0 Å². The maximum Gasteiger partial charge on any atom is 0.226 e. The topological polar surface area (TPSA) is 51.0 Å². The molecule has 0 radical (unpaired) electrons. The molecule has 0 aromatic carbocycles. The van der Waals surface area contributed by atoms with Gasteiger partial charge in [0.25, 0.3) is 0 Å². The van der Waals surface area contributed by atoms with Gasteiger partial charge in [-0.2, -0.15) is 4.98 Å². The van der Waals surface area contributed by atoms with Gasteiger partial charge in [-0.05, 0) is 57.4 Å². The van der Waals surface area contributed by atoms with E-state index >= 15 is 0 Å². The van der Waals surface area contributed by atoms with E-state index in [1.54, 1.807) is 0 Å². The van der Waals surface area contributed by atoms with Crippen molar-refractivity contribution in [2.24, 2.45) is 5.92 Å². The van der Waals surface area contributed by atoms with Crippen LogP contribution in [0.25, 0.3) is 0 Å². The van der Waals surface area contributed by atoms with Crippen LogP contribution in [0.2, 0.25) is 0 Å². The second-order valence-corrected chi connectivity index (χ2v) is 6.86. The van der Waals surface area contributed by atoms with Crippen molar-refractivity contribution in [1.82, 2.24) is 15.5 Å². The zero-order valence-corrected chi connectivity index (χ0v) is 13.3. The van der Waals surface area contributed by atoms with Gasteiger partial charge in [-0.25, -0.2) is 0 Å². The van der Waals surface area contributed by atoms with Gasteiger partial charge in [-0.1, -0.05) is 24.9 Å². The van der Waals surface area contributed by atoms with Gasteiger partial charge >= 0.3 is 0 Å². The minimum Gasteiger partial charge on any atom is -0.339 e. The molecule has 1 saturated carbocycles. The molecule has 1 aromatic heterocycles. The molecule has 0 amide bonds. The Morgan fingerprint density at radius 1 is 1.14 bits per heavy atom. The van der Waals surface area contributed by atoms with Crippen molar-refractivity contribution >= 4 is 0 Å². The summed E-state index contributed by atoms with van der Waals surface area (Å²) in [4.78, 5) is 4.66. The predicted octanol–water partition coefficient (Wildman–Crippen LogP) is 3.83. The van der Waals surface area contributed by atoms with E-state index in [1.165, 1.54) is 57.9 Å². The van der Waals surface area contributed by atoms with Gasteiger partial charge in [0.05, 0.1) is 0 Å². The molecule has 1 aromatic rings. The Hall–Kier alpha value is -0.900. The highest BCUT2D eigenvalue weighted by Crippen LogP contribution is 2.35. The van der Waals surface area contributed by atoms with Crippen molar-refractivity contribution in [2.45, 2.75) is 83.1 Å². The number of hydrogen-bond donors (Lipinski definition) is 1. The molecule has 1 atom stereocenters. The van der Waals surface area contributed by atoms with Crippen LogP contribution in [0.1, 0.15) is 82.3 Å². The van der Waals surface area contributed by atoms with Crippen LogP contribution in [0.3, 0.4) is 0 Å². The average Bonchev–Trinajstić information content (AvgIpc) is 3.03. The van der Waals surface area contributed by atoms with Crippen molar-refractivity contribution in [3.8, 4) is 0 Å². The highest BCUT2D eigenvalue weighted by Gasteiger charge is 2.25. The van der Waals surface area contributed by atoms with Crippen molar-refractivity contribution in [3.05, 3.63) is 11.7 Å². The molecule has 4 nitrogen and oxygen atoms in total. The first-order valence-corrected chi connectivity index (χ1v) is 8.91. The van der Waals surface area contributed by atoms with Gasteiger partial charge in [-0.3, -0.25) is 0 Å². The molecule has 2 heterocycles. The largest absolute Gasteiger partial charge is 0.339 e. The van der Waals surface area contributed by atoms with Gasteiger partial charge < -0.3 is 9.84 Å². The molecule has 1 aliphatic heterocycles. The molecule has 0 bridgehead atoms. The van der Waals surface area contributed by atoms with E-state index in [9.17, 15) is 0 Å². The Kier molecular flexibility index (Phi) is 5.28. The quantitative estimate of drug-likeness (QED) is 0.896. The minimum atomic E-state index is 0.540. The number of rotatable bonds is 5. The Morgan fingerprint density at radius 3 is 2.71 bits per heavy atom. The van der Waals surface area contributed by atoms with Crippen LogP contribution in [-0.2, 0) is 6.42 Å². The second kappa shape index (κ2) is 7.39. The van der Waals surface area contributed by atoms with Gasteiger partial charge in [0.15, 0.2) is 5.82 Å². The highest BCUT2D eigenvalue weighted by molar-refractivity contribution is 4.98. The van der Waals surface area contributed by atoms with E-state index in [2.05, 4.69) is 22.4 Å². The van der Waals surface area contributed by atoms with E-state index in [4.69, 9.17) is 4.52 Å². The molecule has 1 saturated heterocycles. The highest BCUT2D eigenvalue weighted by atomic mass is 16.5. The fourth-order valence-electron chi connectivity index (χ4n) is 3.83. The number of aryl methyl sites for hydroxylation is 1. The van der Waals surface area contributed by atoms with Gasteiger partial charge in [-0.15, -0.1) is 0 Å². The maximum absolute atomic E-state index is 5.47. The Bertz CT molecular complexity index is 417. The zero-order chi connectivity index (χ0) is 14.5. The van der Waals surface area contributed by atoms with Crippen molar-refractivity contribution in [2.75, 3.05) is 6.54 Å². The first kappa shape index (κ1) is 15.0. The molecular weight excluding hydrogens is 262 g/mol. The number of piperidine rings is 1. The molecular formula is C17H29N3O. The summed E-state index contributed by atoms with van der Waals surface area (Å²) in [6.07, 6.45) is 12.5. The summed E-state index contributed by atoms with van der Waals surface area (Å²) in [5, 5.41) is 7.83. The van der Waals surface area contributed by atoms with Gasteiger partial charge in [0, 0.05) is 18.4 Å². The molecule has 3 rings (SSSR count). The summed E-state index contributed by atoms with van der Waals surface area (Å²) in [5.74, 6) is 3.27. The predicted molar refractivity (Wildman–Crippen MR) is 83.3 cm³/mol. The lowest BCUT2D eigenvalue weighted by Crippen LogP contribution is -2.34. The van der Waals surface area contributed by atoms with Crippen LogP contribution < -0.4 is 5.32 Å². The maximum atomic E-state index is 5.47. The van der Waals surface area contributed by atoms with Crippen LogP contribution in [0.4, 0.5) is 0 Å². The standard InChI is InChI=1S/C17H29N3O/c1-2-13-6-8-14(9-7-13)17-19-16(21-20-17)11-10-15-5-3-4-12-18-15/h13-15,18H,2-12H2,1H3. The fraction of sp³-hybridized carbons (Fsp3) is 0.882. The number of aromatic nitrogens is 2. The monoisotopic (exact) mass is 291 g/mol. The molecule has 1 aliphatic carbocycles. The smallest absolute Gasteiger partial charge is 0.226 e. The summed E-state index contributed by atoms with van der Waals surface area (Å²) in [6, 6.07) is 0.647. The minimum absolute atomic E-state index is 0.540. The molecule has 21 heavy (non-hydrogen) atoms. The van der Waals surface area contributed by atoms with E-state index in [-0.39, 0.29) is 0 Å². The number of nitrogens with one attached hydrogen (secondary N) is 1. The summed E-state index contributed by atoms with van der Waals surface area (Å²) >= 11 is 0. The SMILES string of the molecule is CCC1CCC(c2noc(CCC3CCCCN3)n2)CC1. The molecule has 4 heteroatoms. The molecule has 118 valence electrons. The van der Waals surface area contributed by atoms with Gasteiger partial charge in [0.1, 0.15) is 0 Å². The zero-order valence-electron chi connectivity index (χ0n) is 13.3. The van der Waals surface area contributed by atoms with Crippen LogP contribution in [0, 0.1) is 5.92 Å². The van der Waals surface area contributed by atoms with E-state index in [1.807, 2.05) is 0 Å². The third-order valence-corrected chi connectivity index (χ3v) is 5.39. The van der Waals surface area contributed by atoms with E-state index in [0.29, 0.717) is 12.0 Å². The molecule has 1 unspecified atom stereocenters. The third-order valence-electron chi connectivity index (χ3n) is 5.39. The first-order chi connectivity index (χ1) is 10.3. The first-order valence-electron chi connectivity index (χ1n) is 8.91. The lowest BCUT2D eigenvalue weighted by Gasteiger charge is -2.25. The lowest BCUT2D eigenvalue weighted by atomic mass is 9.80. The normalized spacial score (nSPS) is 30.4. The Labute approximate surface area is 128 Å². The van der Waals surface area contributed by atoms with Crippen molar-refractivity contribution < 1.29 is 4.52 Å². The number of nitrogens with zero attached hydrogens (tertiary/aromatic N) is 2. The third kappa shape index (κ3) is 4.06. The summed E-state index contributed by atoms with van der Waals surface area (Å²) < 4.78 is 5.47. The Morgan fingerprint density at radius 2 is 2.00 bits per heavy atom. The number of hydrogen-bond acceptors (Lipinski definition) is 4. The van der Waals surface area contributed by atoms with Crippen LogP contribution in [-0.4, -0.2) is 22.7 Å². The van der Waals surface area contributed by atoms with Gasteiger partial charge in [0.2, 0.25) is 5.89 Å². The molecule has 2 fully saturated rings. The summed E-state index contributed by atoms with van der Waals surface area (Å²) in [6.45, 7) is 3.47. The Balaban J connectivity index is 1.47. The summed E-state index contributed by atoms with van der Waals surface area (Å²) in [5.41, 5.74) is 0. The van der Waals surface area contributed by atoms with Crippen LogP contribution in [0.15, 0.2) is 4.52 Å². The summed E-state index contributed by atoms with van der Waals surface area (Å²) in [7, 11) is 0. The lowest BCUT2D eigenvalue weighted by molar-refractivity contribution is 0.301. The second-order valence-electron chi connectivity index (χ2n) is 6.86. The molecule has 0 spiro atoms. The van der Waals surface area contributed by atoms with Crippen LogP contribution >= 0.6 is 0 Å². The van der Waals surface area contributed by atoms with E-state index in [0.717, 1.165) is 30.5 Å². The van der Waals surface area contributed by atoms with E-state index < -0.39 is 0 Å². The molecule has 1 N–H and O–H groups in total. The average molecular weight is 291 g/mol. The molecule has 2 aliphatic rings. The van der Waals surface area contributed by atoms with Crippen LogP contribution in [0.5, 0.6) is 0 Å². The van der Waals surface area contributed by atoms with Crippen molar-refractivity contribution in [1.29, 1.82) is 0 Å².